The topological polar surface area (TPSA) is 64.3 Å². The molecule has 0 heterocycles. The monoisotopic (exact) mass is 304 g/mol. The van der Waals surface area contributed by atoms with Crippen molar-refractivity contribution in [1.82, 2.24) is 0 Å². The Balaban J connectivity index is 2.03. The minimum absolute atomic E-state index is 0.101. The number of nitrogen functional groups attached to an aromatic ring is 1. The van der Waals surface area contributed by atoms with E-state index in [9.17, 15) is 4.79 Å². The zero-order chi connectivity index (χ0) is 15.4. The molecular formula is C16H17ClN2O2. The molecule has 110 valence electrons. The van der Waals surface area contributed by atoms with E-state index < -0.39 is 0 Å². The van der Waals surface area contributed by atoms with Crippen LogP contribution in [0, 0.1) is 13.8 Å². The van der Waals surface area contributed by atoms with Crippen molar-refractivity contribution in [3.63, 3.8) is 0 Å². The van der Waals surface area contributed by atoms with Gasteiger partial charge in [-0.1, -0.05) is 35.9 Å². The Kier molecular flexibility index (Phi) is 4.70. The van der Waals surface area contributed by atoms with Gasteiger partial charge in [-0.3, -0.25) is 4.79 Å². The van der Waals surface area contributed by atoms with E-state index >= 15 is 0 Å². The highest BCUT2D eigenvalue weighted by Crippen LogP contribution is 2.28. The first-order chi connectivity index (χ1) is 9.99. The lowest BCUT2D eigenvalue weighted by atomic mass is 10.1. The van der Waals surface area contributed by atoms with Gasteiger partial charge in [0.15, 0.2) is 6.61 Å². The molecule has 4 nitrogen and oxygen atoms in total. The Bertz CT molecular complexity index is 631. The third kappa shape index (κ3) is 3.67. The van der Waals surface area contributed by atoms with Crippen molar-refractivity contribution in [3.8, 4) is 5.75 Å². The van der Waals surface area contributed by atoms with E-state index in [4.69, 9.17) is 22.1 Å². The molecule has 0 saturated heterocycles. The van der Waals surface area contributed by atoms with Gasteiger partial charge in [0.2, 0.25) is 0 Å². The number of ether oxygens (including phenoxy) is 1. The van der Waals surface area contributed by atoms with Crippen LogP contribution in [0.2, 0.25) is 5.02 Å². The number of carbonyl (C=O) groups is 1. The molecular weight excluding hydrogens is 288 g/mol. The average molecular weight is 305 g/mol. The van der Waals surface area contributed by atoms with Gasteiger partial charge in [0.05, 0.1) is 16.4 Å². The highest BCUT2D eigenvalue weighted by atomic mass is 35.5. The molecule has 5 heteroatoms. The summed E-state index contributed by atoms with van der Waals surface area (Å²) in [5.74, 6) is 0.414. The minimum atomic E-state index is -0.308. The molecule has 0 radical (unpaired) electrons. The van der Waals surface area contributed by atoms with E-state index in [0.717, 1.165) is 16.9 Å². The Morgan fingerprint density at radius 3 is 2.43 bits per heavy atom. The predicted molar refractivity (Wildman–Crippen MR) is 85.9 cm³/mol. The Morgan fingerprint density at radius 2 is 1.81 bits per heavy atom. The van der Waals surface area contributed by atoms with Gasteiger partial charge in [-0.05, 0) is 37.1 Å². The van der Waals surface area contributed by atoms with Crippen LogP contribution in [0.3, 0.4) is 0 Å². The molecule has 0 aromatic heterocycles. The minimum Gasteiger partial charge on any atom is -0.483 e. The molecule has 3 N–H and O–H groups in total. The van der Waals surface area contributed by atoms with E-state index in [-0.39, 0.29) is 12.5 Å². The number of carbonyl (C=O) groups excluding carboxylic acids is 1. The number of nitrogens with two attached hydrogens (primary N) is 1. The standard InChI is InChI=1S/C16H17ClN2O2/c1-10-5-3-6-11(2)16(10)21-9-14(20)19-15-12(17)7-4-8-13(15)18/h3-8H,9,18H2,1-2H3,(H,19,20). The lowest BCUT2D eigenvalue weighted by Gasteiger charge is -2.13. The first-order valence-corrected chi connectivity index (χ1v) is 6.89. The molecule has 0 aliphatic heterocycles. The lowest BCUT2D eigenvalue weighted by Crippen LogP contribution is -2.21. The van der Waals surface area contributed by atoms with Crippen LogP contribution in [0.15, 0.2) is 36.4 Å². The van der Waals surface area contributed by atoms with E-state index in [0.29, 0.717) is 16.4 Å². The number of hydrogen-bond acceptors (Lipinski definition) is 3. The van der Waals surface area contributed by atoms with Crippen LogP contribution in [-0.4, -0.2) is 12.5 Å². The summed E-state index contributed by atoms with van der Waals surface area (Å²) in [6.07, 6.45) is 0. The average Bonchev–Trinajstić information content (AvgIpc) is 2.42. The van der Waals surface area contributed by atoms with Crippen LogP contribution in [0.25, 0.3) is 0 Å². The largest absolute Gasteiger partial charge is 0.483 e. The zero-order valence-electron chi connectivity index (χ0n) is 11.9. The quantitative estimate of drug-likeness (QED) is 0.849. The number of nitrogens with one attached hydrogen (secondary N) is 1. The van der Waals surface area contributed by atoms with Crippen molar-refractivity contribution in [2.75, 3.05) is 17.7 Å². The zero-order valence-corrected chi connectivity index (χ0v) is 12.7. The maximum atomic E-state index is 12.0. The third-order valence-corrected chi connectivity index (χ3v) is 3.38. The summed E-state index contributed by atoms with van der Waals surface area (Å²) in [6.45, 7) is 3.77. The normalized spacial score (nSPS) is 10.2. The van der Waals surface area contributed by atoms with Crippen LogP contribution >= 0.6 is 11.6 Å². The maximum Gasteiger partial charge on any atom is 0.262 e. The van der Waals surface area contributed by atoms with Crippen molar-refractivity contribution >= 4 is 28.9 Å². The van der Waals surface area contributed by atoms with E-state index in [1.165, 1.54) is 0 Å². The molecule has 0 unspecified atom stereocenters. The van der Waals surface area contributed by atoms with Crippen molar-refractivity contribution in [3.05, 3.63) is 52.5 Å². The van der Waals surface area contributed by atoms with Crippen LogP contribution in [0.5, 0.6) is 5.75 Å². The van der Waals surface area contributed by atoms with Gasteiger partial charge in [-0.25, -0.2) is 0 Å². The van der Waals surface area contributed by atoms with E-state index in [1.54, 1.807) is 18.2 Å². The molecule has 21 heavy (non-hydrogen) atoms. The summed E-state index contributed by atoms with van der Waals surface area (Å²) in [5.41, 5.74) is 8.59. The van der Waals surface area contributed by atoms with Gasteiger partial charge in [0.25, 0.3) is 5.91 Å². The molecule has 1 amide bonds. The van der Waals surface area contributed by atoms with Crippen LogP contribution in [-0.2, 0) is 4.79 Å². The van der Waals surface area contributed by atoms with Gasteiger partial charge < -0.3 is 15.8 Å². The number of aryl methyl sites for hydroxylation is 2. The first-order valence-electron chi connectivity index (χ1n) is 6.52. The Morgan fingerprint density at radius 1 is 1.19 bits per heavy atom. The number of anilines is 2. The van der Waals surface area contributed by atoms with Crippen LogP contribution in [0.1, 0.15) is 11.1 Å². The van der Waals surface area contributed by atoms with Gasteiger partial charge in [0.1, 0.15) is 5.75 Å². The van der Waals surface area contributed by atoms with Gasteiger partial charge in [-0.2, -0.15) is 0 Å². The summed E-state index contributed by atoms with van der Waals surface area (Å²) in [5, 5.41) is 3.07. The number of rotatable bonds is 4. The SMILES string of the molecule is Cc1cccc(C)c1OCC(=O)Nc1c(N)cccc1Cl. The fourth-order valence-corrected chi connectivity index (χ4v) is 2.24. The molecule has 0 bridgehead atoms. The van der Waals surface area contributed by atoms with Gasteiger partial charge >= 0.3 is 0 Å². The molecule has 2 aromatic carbocycles. The highest BCUT2D eigenvalue weighted by molar-refractivity contribution is 6.34. The van der Waals surface area contributed by atoms with Crippen LogP contribution < -0.4 is 15.8 Å². The third-order valence-electron chi connectivity index (χ3n) is 3.07. The van der Waals surface area contributed by atoms with Crippen molar-refractivity contribution in [2.45, 2.75) is 13.8 Å². The fraction of sp³-hybridized carbons (Fsp3) is 0.188. The van der Waals surface area contributed by atoms with Crippen molar-refractivity contribution in [2.24, 2.45) is 0 Å². The maximum absolute atomic E-state index is 12.0. The van der Waals surface area contributed by atoms with Crippen molar-refractivity contribution in [1.29, 1.82) is 0 Å². The van der Waals surface area contributed by atoms with E-state index in [1.807, 2.05) is 32.0 Å². The van der Waals surface area contributed by atoms with E-state index in [2.05, 4.69) is 5.32 Å². The number of para-hydroxylation sites is 2. The predicted octanol–water partition coefficient (Wildman–Crippen LogP) is 3.56. The fourth-order valence-electron chi connectivity index (χ4n) is 2.01. The number of benzene rings is 2. The first kappa shape index (κ1) is 15.2. The van der Waals surface area contributed by atoms with Crippen molar-refractivity contribution < 1.29 is 9.53 Å². The highest BCUT2D eigenvalue weighted by Gasteiger charge is 2.11. The molecule has 0 saturated carbocycles. The molecule has 0 spiro atoms. The molecule has 0 fully saturated rings. The number of hydrogen-bond donors (Lipinski definition) is 2. The second-order valence-corrected chi connectivity index (χ2v) is 5.17. The summed E-state index contributed by atoms with van der Waals surface area (Å²) in [7, 11) is 0. The molecule has 2 aromatic rings. The smallest absolute Gasteiger partial charge is 0.262 e. The molecule has 0 aliphatic carbocycles. The molecule has 0 atom stereocenters. The Labute approximate surface area is 128 Å². The Hall–Kier alpha value is -2.20. The summed E-state index contributed by atoms with van der Waals surface area (Å²) >= 11 is 6.01. The van der Waals surface area contributed by atoms with Gasteiger partial charge in [-0.15, -0.1) is 0 Å². The molecule has 0 aliphatic rings. The van der Waals surface area contributed by atoms with Crippen LogP contribution in [0.4, 0.5) is 11.4 Å². The summed E-state index contributed by atoms with van der Waals surface area (Å²) in [4.78, 5) is 12.0. The summed E-state index contributed by atoms with van der Waals surface area (Å²) < 4.78 is 5.59. The van der Waals surface area contributed by atoms with Gasteiger partial charge in [0, 0.05) is 0 Å². The molecule has 2 rings (SSSR count). The lowest BCUT2D eigenvalue weighted by molar-refractivity contribution is -0.118. The number of amides is 1. The summed E-state index contributed by atoms with van der Waals surface area (Å²) in [6, 6.07) is 10.9. The second kappa shape index (κ2) is 6.50. The second-order valence-electron chi connectivity index (χ2n) is 4.76. The number of halogens is 1.